The number of hydrogen-bond acceptors (Lipinski definition) is 5. The number of rotatable bonds is 1. The molecule has 1 saturated carbocycles. The Morgan fingerprint density at radius 2 is 1.69 bits per heavy atom. The summed E-state index contributed by atoms with van der Waals surface area (Å²) < 4.78 is 13.9. The summed E-state index contributed by atoms with van der Waals surface area (Å²) in [7, 11) is 1.50. The van der Waals surface area contributed by atoms with Crippen molar-refractivity contribution in [2.45, 2.75) is 38.5 Å². The first-order valence-electron chi connectivity index (χ1n) is 8.65. The van der Waals surface area contributed by atoms with Gasteiger partial charge in [-0.05, 0) is 19.2 Å². The third-order valence-electron chi connectivity index (χ3n) is 4.00. The quantitative estimate of drug-likeness (QED) is 0.584. The summed E-state index contributed by atoms with van der Waals surface area (Å²) in [6.45, 7) is 0. The van der Waals surface area contributed by atoms with Crippen molar-refractivity contribution in [2.24, 2.45) is 5.73 Å². The van der Waals surface area contributed by atoms with Gasteiger partial charge in [0.2, 0.25) is 5.65 Å². The van der Waals surface area contributed by atoms with Gasteiger partial charge in [-0.1, -0.05) is 56.2 Å². The van der Waals surface area contributed by atoms with Crippen LogP contribution in [0, 0.1) is 5.82 Å². The second-order valence-electron chi connectivity index (χ2n) is 5.79. The number of H-pyrrole nitrogens is 1. The highest BCUT2D eigenvalue weighted by atomic mass is 35.5. The third kappa shape index (κ3) is 4.89. The summed E-state index contributed by atoms with van der Waals surface area (Å²) >= 11 is 5.74. The number of anilines is 1. The number of nitrogens with one attached hydrogen (secondary N) is 1. The molecule has 2 aromatic heterocycles. The summed E-state index contributed by atoms with van der Waals surface area (Å²) in [5.41, 5.74) is 11.5. The highest BCUT2D eigenvalue weighted by Gasteiger charge is 2.15. The fourth-order valence-corrected chi connectivity index (χ4v) is 2.93. The zero-order valence-corrected chi connectivity index (χ0v) is 15.6. The Morgan fingerprint density at radius 1 is 1.08 bits per heavy atom. The minimum Gasteiger partial charge on any atom is -0.382 e. The van der Waals surface area contributed by atoms with Gasteiger partial charge < -0.3 is 11.5 Å². The normalized spacial score (nSPS) is 13.4. The molecule has 0 spiro atoms. The maximum atomic E-state index is 13.9. The molecule has 0 bridgehead atoms. The summed E-state index contributed by atoms with van der Waals surface area (Å²) in [4.78, 5) is 8.09. The monoisotopic (exact) mass is 378 g/mol. The van der Waals surface area contributed by atoms with Crippen molar-refractivity contribution in [2.75, 3.05) is 12.8 Å². The molecule has 1 aromatic carbocycles. The summed E-state index contributed by atoms with van der Waals surface area (Å²) in [5.74, 6) is -0.268. The Labute approximate surface area is 157 Å². The predicted octanol–water partition coefficient (Wildman–Crippen LogP) is 4.31. The van der Waals surface area contributed by atoms with Gasteiger partial charge >= 0.3 is 0 Å². The Kier molecular flexibility index (Phi) is 7.74. The van der Waals surface area contributed by atoms with Gasteiger partial charge in [-0.2, -0.15) is 5.10 Å². The van der Waals surface area contributed by atoms with E-state index in [1.54, 1.807) is 12.1 Å². The van der Waals surface area contributed by atoms with Crippen molar-refractivity contribution < 1.29 is 4.39 Å². The van der Waals surface area contributed by atoms with Crippen LogP contribution in [-0.4, -0.2) is 27.2 Å². The van der Waals surface area contributed by atoms with Gasteiger partial charge in [0.15, 0.2) is 5.82 Å². The minimum atomic E-state index is -0.525. The molecule has 0 amide bonds. The molecule has 8 heteroatoms. The molecule has 1 aliphatic carbocycles. The largest absolute Gasteiger partial charge is 0.382 e. The molecule has 0 unspecified atom stereocenters. The van der Waals surface area contributed by atoms with Crippen LogP contribution in [0.3, 0.4) is 0 Å². The molecule has 140 valence electrons. The molecule has 1 fully saturated rings. The standard InChI is InChI=1S/C11H7ClFN5.C6H12.CH5N/c12-6-3-1-2-5(8(6)13)9-10-11(18-17-9)16-7(14)4-15-10;1-2-4-6-5-3-1;1-2/h1-4H,(H3,14,16,17,18);1-6H2;2H2,1H3. The Bertz CT molecular complexity index is 820. The number of nitrogens with two attached hydrogens (primary N) is 2. The molecule has 26 heavy (non-hydrogen) atoms. The zero-order valence-electron chi connectivity index (χ0n) is 14.8. The summed E-state index contributed by atoms with van der Waals surface area (Å²) in [6.07, 6.45) is 10.4. The molecule has 0 saturated heterocycles. The van der Waals surface area contributed by atoms with Crippen LogP contribution in [-0.2, 0) is 0 Å². The fraction of sp³-hybridized carbons (Fsp3) is 0.389. The van der Waals surface area contributed by atoms with Crippen molar-refractivity contribution in [1.82, 2.24) is 20.2 Å². The van der Waals surface area contributed by atoms with Crippen molar-refractivity contribution in [3.05, 3.63) is 35.2 Å². The second-order valence-corrected chi connectivity index (χ2v) is 6.20. The van der Waals surface area contributed by atoms with Gasteiger partial charge in [-0.15, -0.1) is 0 Å². The van der Waals surface area contributed by atoms with Crippen LogP contribution in [0.15, 0.2) is 24.4 Å². The van der Waals surface area contributed by atoms with Gasteiger partial charge in [-0.25, -0.2) is 14.4 Å². The minimum absolute atomic E-state index is 0.0404. The first kappa shape index (κ1) is 20.1. The average Bonchev–Trinajstić information content (AvgIpc) is 3.10. The maximum Gasteiger partial charge on any atom is 0.202 e. The number of aromatic nitrogens is 4. The van der Waals surface area contributed by atoms with E-state index in [-0.39, 0.29) is 10.8 Å². The lowest BCUT2D eigenvalue weighted by Crippen LogP contribution is -1.92. The van der Waals surface area contributed by atoms with E-state index in [1.165, 1.54) is 57.8 Å². The Hall–Kier alpha value is -2.25. The van der Waals surface area contributed by atoms with E-state index >= 15 is 0 Å². The average molecular weight is 379 g/mol. The molecule has 3 aromatic rings. The van der Waals surface area contributed by atoms with Gasteiger partial charge in [0.05, 0.1) is 16.9 Å². The number of benzene rings is 1. The van der Waals surface area contributed by atoms with E-state index in [2.05, 4.69) is 25.9 Å². The summed E-state index contributed by atoms with van der Waals surface area (Å²) in [5, 5.41) is 6.67. The summed E-state index contributed by atoms with van der Waals surface area (Å²) in [6, 6.07) is 4.72. The molecule has 1 aliphatic rings. The molecule has 0 atom stereocenters. The first-order chi connectivity index (χ1) is 12.7. The smallest absolute Gasteiger partial charge is 0.202 e. The zero-order chi connectivity index (χ0) is 18.9. The van der Waals surface area contributed by atoms with Gasteiger partial charge in [0.1, 0.15) is 11.3 Å². The first-order valence-corrected chi connectivity index (χ1v) is 9.03. The van der Waals surface area contributed by atoms with E-state index in [4.69, 9.17) is 17.3 Å². The lowest BCUT2D eigenvalue weighted by Gasteiger charge is -2.05. The predicted molar refractivity (Wildman–Crippen MR) is 104 cm³/mol. The molecule has 6 nitrogen and oxygen atoms in total. The molecular formula is C18H24ClFN6. The van der Waals surface area contributed by atoms with Crippen molar-refractivity contribution in [3.8, 4) is 11.3 Å². The molecule has 4 rings (SSSR count). The third-order valence-corrected chi connectivity index (χ3v) is 4.30. The van der Waals surface area contributed by atoms with Crippen molar-refractivity contribution in [1.29, 1.82) is 0 Å². The van der Waals surface area contributed by atoms with Crippen molar-refractivity contribution in [3.63, 3.8) is 0 Å². The van der Waals surface area contributed by atoms with E-state index in [0.717, 1.165) is 0 Å². The number of aromatic amines is 1. The number of halogens is 2. The SMILES string of the molecule is C1CCCCC1.CN.Nc1cnc2c(-c3cccc(Cl)c3F)[nH]nc2n1. The second kappa shape index (κ2) is 10.0. The van der Waals surface area contributed by atoms with E-state index < -0.39 is 5.82 Å². The van der Waals surface area contributed by atoms with Crippen LogP contribution in [0.1, 0.15) is 38.5 Å². The van der Waals surface area contributed by atoms with Gasteiger partial charge in [0, 0.05) is 5.56 Å². The van der Waals surface area contributed by atoms with Crippen LogP contribution in [0.2, 0.25) is 5.02 Å². The van der Waals surface area contributed by atoms with Gasteiger partial charge in [-0.3, -0.25) is 5.10 Å². The Morgan fingerprint density at radius 3 is 2.31 bits per heavy atom. The number of fused-ring (bicyclic) bond motifs is 1. The van der Waals surface area contributed by atoms with Crippen LogP contribution in [0.4, 0.5) is 10.2 Å². The molecule has 2 heterocycles. The molecule has 5 N–H and O–H groups in total. The number of nitrogen functional groups attached to an aromatic ring is 1. The lowest BCUT2D eigenvalue weighted by molar-refractivity contribution is 0.504. The van der Waals surface area contributed by atoms with Crippen LogP contribution < -0.4 is 11.5 Å². The topological polar surface area (TPSA) is 106 Å². The molecule has 0 aliphatic heterocycles. The Balaban J connectivity index is 0.000000256. The lowest BCUT2D eigenvalue weighted by atomic mass is 10.0. The van der Waals surface area contributed by atoms with E-state index in [1.807, 2.05) is 0 Å². The number of nitrogens with zero attached hydrogens (tertiary/aromatic N) is 3. The van der Waals surface area contributed by atoms with Crippen LogP contribution in [0.5, 0.6) is 0 Å². The maximum absolute atomic E-state index is 13.9. The van der Waals surface area contributed by atoms with Crippen LogP contribution >= 0.6 is 11.6 Å². The highest BCUT2D eigenvalue weighted by molar-refractivity contribution is 6.31. The fourth-order valence-electron chi connectivity index (χ4n) is 2.75. The molecular weight excluding hydrogens is 355 g/mol. The van der Waals surface area contributed by atoms with Gasteiger partial charge in [0.25, 0.3) is 0 Å². The van der Waals surface area contributed by atoms with Crippen LogP contribution in [0.25, 0.3) is 22.4 Å². The number of hydrogen-bond donors (Lipinski definition) is 3. The molecule has 0 radical (unpaired) electrons. The van der Waals surface area contributed by atoms with E-state index in [0.29, 0.717) is 22.4 Å². The van der Waals surface area contributed by atoms with Crippen molar-refractivity contribution >= 4 is 28.6 Å². The highest BCUT2D eigenvalue weighted by Crippen LogP contribution is 2.29. The van der Waals surface area contributed by atoms with E-state index in [9.17, 15) is 4.39 Å².